The molecule has 0 aromatic heterocycles. The van der Waals surface area contributed by atoms with Crippen molar-refractivity contribution in [2.75, 3.05) is 27.3 Å². The molecule has 0 aliphatic carbocycles. The summed E-state index contributed by atoms with van der Waals surface area (Å²) in [5.41, 5.74) is 0.372. The number of hydrogen-bond donors (Lipinski definition) is 2. The first kappa shape index (κ1) is 15.3. The van der Waals surface area contributed by atoms with Gasteiger partial charge in [0.1, 0.15) is 0 Å². The Balaban J connectivity index is 2.77. The van der Waals surface area contributed by atoms with Crippen LogP contribution >= 0.6 is 24.2 Å². The molecule has 6 heteroatoms. The van der Waals surface area contributed by atoms with Crippen LogP contribution in [0.1, 0.15) is 10.4 Å². The number of halogens is 1. The molecule has 1 rings (SSSR count). The van der Waals surface area contributed by atoms with E-state index in [1.807, 2.05) is 0 Å². The van der Waals surface area contributed by atoms with Crippen molar-refractivity contribution < 1.29 is 14.6 Å². The molecule has 0 aliphatic heterocycles. The SMILES string of the molecule is COCC(O)CN(C)C(=O)c1cc(S)ccc1Cl. The molecule has 4 nitrogen and oxygen atoms in total. The van der Waals surface area contributed by atoms with E-state index < -0.39 is 6.10 Å². The van der Waals surface area contributed by atoms with E-state index in [0.29, 0.717) is 15.5 Å². The number of amides is 1. The minimum atomic E-state index is -0.720. The summed E-state index contributed by atoms with van der Waals surface area (Å²) < 4.78 is 4.81. The molecule has 1 aromatic rings. The molecule has 1 amide bonds. The lowest BCUT2D eigenvalue weighted by atomic mass is 10.2. The Labute approximate surface area is 117 Å². The molecular weight excluding hydrogens is 274 g/mol. The normalized spacial score (nSPS) is 12.3. The summed E-state index contributed by atoms with van der Waals surface area (Å²) in [6, 6.07) is 4.94. The number of aliphatic hydroxyl groups is 1. The van der Waals surface area contributed by atoms with Crippen LogP contribution < -0.4 is 0 Å². The Bertz CT molecular complexity index is 428. The second-order valence-electron chi connectivity index (χ2n) is 3.96. The number of ether oxygens (including phenoxy) is 1. The van der Waals surface area contributed by atoms with E-state index in [0.717, 1.165) is 0 Å². The van der Waals surface area contributed by atoms with Crippen molar-refractivity contribution in [1.82, 2.24) is 4.90 Å². The predicted molar refractivity (Wildman–Crippen MR) is 73.5 cm³/mol. The number of likely N-dealkylation sites (N-methyl/N-ethyl adjacent to an activating group) is 1. The standard InChI is InChI=1S/C12H16ClNO3S/c1-14(6-8(15)7-17-2)12(16)10-5-9(18)3-4-11(10)13/h3-5,8,15,18H,6-7H2,1-2H3. The molecular formula is C12H16ClNO3S. The number of carbonyl (C=O) groups excluding carboxylic acids is 1. The third-order valence-corrected chi connectivity index (χ3v) is 2.98. The van der Waals surface area contributed by atoms with Gasteiger partial charge in [-0.2, -0.15) is 0 Å². The van der Waals surface area contributed by atoms with Gasteiger partial charge in [0.2, 0.25) is 0 Å². The van der Waals surface area contributed by atoms with E-state index in [1.54, 1.807) is 25.2 Å². The first-order valence-electron chi connectivity index (χ1n) is 5.36. The van der Waals surface area contributed by atoms with Crippen molar-refractivity contribution in [1.29, 1.82) is 0 Å². The van der Waals surface area contributed by atoms with Gasteiger partial charge in [-0.05, 0) is 18.2 Å². The van der Waals surface area contributed by atoms with E-state index in [1.165, 1.54) is 12.0 Å². The summed E-state index contributed by atoms with van der Waals surface area (Å²) in [5, 5.41) is 9.94. The molecule has 1 aromatic carbocycles. The number of nitrogens with zero attached hydrogens (tertiary/aromatic N) is 1. The Morgan fingerprint density at radius 3 is 2.89 bits per heavy atom. The molecule has 1 unspecified atom stereocenters. The van der Waals surface area contributed by atoms with Crippen LogP contribution in [0.5, 0.6) is 0 Å². The molecule has 0 saturated heterocycles. The number of aliphatic hydroxyl groups excluding tert-OH is 1. The van der Waals surface area contributed by atoms with Gasteiger partial charge in [-0.3, -0.25) is 4.79 Å². The smallest absolute Gasteiger partial charge is 0.255 e. The topological polar surface area (TPSA) is 49.8 Å². The fourth-order valence-corrected chi connectivity index (χ4v) is 1.93. The zero-order chi connectivity index (χ0) is 13.7. The van der Waals surface area contributed by atoms with Crippen molar-refractivity contribution in [2.45, 2.75) is 11.0 Å². The summed E-state index contributed by atoms with van der Waals surface area (Å²) in [5.74, 6) is -0.258. The molecule has 0 spiro atoms. The zero-order valence-electron chi connectivity index (χ0n) is 10.3. The van der Waals surface area contributed by atoms with Gasteiger partial charge >= 0.3 is 0 Å². The molecule has 0 saturated carbocycles. The molecule has 0 aliphatic rings. The summed E-state index contributed by atoms with van der Waals surface area (Å²) in [4.78, 5) is 14.2. The van der Waals surface area contributed by atoms with Crippen LogP contribution in [0.25, 0.3) is 0 Å². The lowest BCUT2D eigenvalue weighted by molar-refractivity contribution is 0.0380. The fourth-order valence-electron chi connectivity index (χ4n) is 1.53. The second kappa shape index (κ2) is 6.99. The fraction of sp³-hybridized carbons (Fsp3) is 0.417. The monoisotopic (exact) mass is 289 g/mol. The first-order chi connectivity index (χ1) is 8.45. The molecule has 1 N–H and O–H groups in total. The highest BCUT2D eigenvalue weighted by Crippen LogP contribution is 2.21. The average Bonchev–Trinajstić information content (AvgIpc) is 2.31. The van der Waals surface area contributed by atoms with Gasteiger partial charge in [0, 0.05) is 25.6 Å². The molecule has 0 fully saturated rings. The molecule has 0 radical (unpaired) electrons. The van der Waals surface area contributed by atoms with Gasteiger partial charge in [-0.1, -0.05) is 11.6 Å². The highest BCUT2D eigenvalue weighted by atomic mass is 35.5. The van der Waals surface area contributed by atoms with Gasteiger partial charge in [-0.15, -0.1) is 12.6 Å². The molecule has 0 bridgehead atoms. The summed E-state index contributed by atoms with van der Waals surface area (Å²) in [6.07, 6.45) is -0.720. The predicted octanol–water partition coefficient (Wildman–Crippen LogP) is 1.71. The van der Waals surface area contributed by atoms with Gasteiger partial charge in [0.15, 0.2) is 0 Å². The number of benzene rings is 1. The maximum absolute atomic E-state index is 12.1. The van der Waals surface area contributed by atoms with Gasteiger partial charge in [0.05, 0.1) is 23.3 Å². The van der Waals surface area contributed by atoms with Crippen molar-refractivity contribution in [3.63, 3.8) is 0 Å². The van der Waals surface area contributed by atoms with Crippen LogP contribution in [-0.4, -0.2) is 49.3 Å². The largest absolute Gasteiger partial charge is 0.389 e. The molecule has 0 heterocycles. The Hall–Kier alpha value is -0.750. The number of methoxy groups -OCH3 is 1. The van der Waals surface area contributed by atoms with Crippen molar-refractivity contribution in [3.8, 4) is 0 Å². The van der Waals surface area contributed by atoms with Crippen LogP contribution in [0.2, 0.25) is 5.02 Å². The van der Waals surface area contributed by atoms with Gasteiger partial charge in [0.25, 0.3) is 5.91 Å². The van der Waals surface area contributed by atoms with Crippen LogP contribution in [0.15, 0.2) is 23.1 Å². The van der Waals surface area contributed by atoms with E-state index in [4.69, 9.17) is 16.3 Å². The number of rotatable bonds is 5. The summed E-state index contributed by atoms with van der Waals surface area (Å²) >= 11 is 10.1. The Morgan fingerprint density at radius 2 is 2.28 bits per heavy atom. The highest BCUT2D eigenvalue weighted by Gasteiger charge is 2.18. The highest BCUT2D eigenvalue weighted by molar-refractivity contribution is 7.80. The van der Waals surface area contributed by atoms with Crippen molar-refractivity contribution >= 4 is 30.1 Å². The van der Waals surface area contributed by atoms with E-state index >= 15 is 0 Å². The third kappa shape index (κ3) is 4.17. The number of hydrogen-bond acceptors (Lipinski definition) is 4. The number of carbonyl (C=O) groups is 1. The number of thiol groups is 1. The summed E-state index contributed by atoms with van der Waals surface area (Å²) in [7, 11) is 3.09. The summed E-state index contributed by atoms with van der Waals surface area (Å²) in [6.45, 7) is 0.359. The maximum Gasteiger partial charge on any atom is 0.255 e. The van der Waals surface area contributed by atoms with Crippen LogP contribution in [0.4, 0.5) is 0 Å². The van der Waals surface area contributed by atoms with Crippen LogP contribution in [-0.2, 0) is 4.74 Å². The lowest BCUT2D eigenvalue weighted by Crippen LogP contribution is -2.36. The minimum Gasteiger partial charge on any atom is -0.389 e. The molecule has 1 atom stereocenters. The minimum absolute atomic E-state index is 0.179. The maximum atomic E-state index is 12.1. The second-order valence-corrected chi connectivity index (χ2v) is 4.88. The average molecular weight is 290 g/mol. The van der Waals surface area contributed by atoms with Crippen LogP contribution in [0, 0.1) is 0 Å². The van der Waals surface area contributed by atoms with E-state index in [9.17, 15) is 9.90 Å². The van der Waals surface area contributed by atoms with Gasteiger partial charge < -0.3 is 14.7 Å². The quantitative estimate of drug-likeness (QED) is 0.812. The third-order valence-electron chi connectivity index (χ3n) is 2.37. The van der Waals surface area contributed by atoms with Crippen molar-refractivity contribution in [3.05, 3.63) is 28.8 Å². The van der Waals surface area contributed by atoms with Gasteiger partial charge in [-0.25, -0.2) is 0 Å². The van der Waals surface area contributed by atoms with E-state index in [2.05, 4.69) is 12.6 Å². The Morgan fingerprint density at radius 1 is 1.61 bits per heavy atom. The van der Waals surface area contributed by atoms with Crippen LogP contribution in [0.3, 0.4) is 0 Å². The zero-order valence-corrected chi connectivity index (χ0v) is 11.9. The Kier molecular flexibility index (Phi) is 5.95. The lowest BCUT2D eigenvalue weighted by Gasteiger charge is -2.21. The molecule has 100 valence electrons. The first-order valence-corrected chi connectivity index (χ1v) is 6.19. The van der Waals surface area contributed by atoms with E-state index in [-0.39, 0.29) is 19.1 Å². The van der Waals surface area contributed by atoms with Crippen molar-refractivity contribution in [2.24, 2.45) is 0 Å². The molecule has 18 heavy (non-hydrogen) atoms.